The molecule has 0 fully saturated rings. The molecule has 0 radical (unpaired) electrons. The van der Waals surface area contributed by atoms with Crippen LogP contribution >= 0.6 is 34.2 Å². The first-order valence-electron chi connectivity index (χ1n) is 6.10. The number of benzene rings is 2. The third-order valence-electron chi connectivity index (χ3n) is 2.75. The van der Waals surface area contributed by atoms with Gasteiger partial charge in [-0.05, 0) is 65.5 Å². The summed E-state index contributed by atoms with van der Waals surface area (Å²) >= 11 is 8.16. The van der Waals surface area contributed by atoms with Crippen LogP contribution in [0, 0.1) is 3.57 Å². The molecular formula is C15H14ClIN2O. The van der Waals surface area contributed by atoms with Crippen LogP contribution in [0.15, 0.2) is 42.5 Å². The minimum Gasteiger partial charge on any atom is -0.322 e. The standard InChI is InChI=1S/C15H14ClIN2O/c1-18-9-10-3-2-4-12(7-10)19-15(20)11-5-6-14(17)13(16)8-11/h2-8,18H,9H2,1H3,(H,19,20). The monoisotopic (exact) mass is 400 g/mol. The Morgan fingerprint density at radius 1 is 1.25 bits per heavy atom. The average molecular weight is 401 g/mol. The van der Waals surface area contributed by atoms with Gasteiger partial charge in [-0.2, -0.15) is 0 Å². The molecule has 0 aromatic heterocycles. The molecule has 5 heteroatoms. The second-order valence-electron chi connectivity index (χ2n) is 4.31. The van der Waals surface area contributed by atoms with E-state index < -0.39 is 0 Å². The van der Waals surface area contributed by atoms with E-state index in [0.29, 0.717) is 10.6 Å². The molecule has 2 rings (SSSR count). The van der Waals surface area contributed by atoms with E-state index in [1.807, 2.05) is 37.4 Å². The number of hydrogen-bond acceptors (Lipinski definition) is 2. The molecule has 0 spiro atoms. The van der Waals surface area contributed by atoms with Gasteiger partial charge in [0.1, 0.15) is 0 Å². The van der Waals surface area contributed by atoms with Gasteiger partial charge in [-0.3, -0.25) is 4.79 Å². The number of rotatable bonds is 4. The maximum absolute atomic E-state index is 12.2. The molecule has 0 saturated carbocycles. The lowest BCUT2D eigenvalue weighted by Gasteiger charge is -2.08. The van der Waals surface area contributed by atoms with Crippen LogP contribution in [0.25, 0.3) is 0 Å². The average Bonchev–Trinajstić information content (AvgIpc) is 2.42. The van der Waals surface area contributed by atoms with Crippen LogP contribution in [-0.4, -0.2) is 13.0 Å². The van der Waals surface area contributed by atoms with Gasteiger partial charge in [0.15, 0.2) is 0 Å². The van der Waals surface area contributed by atoms with Gasteiger partial charge in [0.25, 0.3) is 5.91 Å². The van der Waals surface area contributed by atoms with Crippen molar-refractivity contribution in [3.8, 4) is 0 Å². The molecule has 2 N–H and O–H groups in total. The molecule has 104 valence electrons. The van der Waals surface area contributed by atoms with Crippen molar-refractivity contribution in [2.45, 2.75) is 6.54 Å². The topological polar surface area (TPSA) is 41.1 Å². The van der Waals surface area contributed by atoms with Gasteiger partial charge >= 0.3 is 0 Å². The second-order valence-corrected chi connectivity index (χ2v) is 5.88. The molecule has 0 aliphatic carbocycles. The second kappa shape index (κ2) is 7.06. The maximum atomic E-state index is 12.2. The van der Waals surface area contributed by atoms with Crippen LogP contribution in [0.1, 0.15) is 15.9 Å². The first kappa shape index (κ1) is 15.3. The van der Waals surface area contributed by atoms with Gasteiger partial charge in [-0.1, -0.05) is 23.7 Å². The molecule has 0 heterocycles. The number of carbonyl (C=O) groups excluding carboxylic acids is 1. The van der Waals surface area contributed by atoms with Crippen molar-refractivity contribution in [3.05, 3.63) is 62.2 Å². The van der Waals surface area contributed by atoms with Gasteiger partial charge in [0.2, 0.25) is 0 Å². The van der Waals surface area contributed by atoms with Crippen molar-refractivity contribution < 1.29 is 4.79 Å². The van der Waals surface area contributed by atoms with Crippen molar-refractivity contribution >= 4 is 45.8 Å². The summed E-state index contributed by atoms with van der Waals surface area (Å²) in [6.45, 7) is 0.763. The molecule has 0 aliphatic rings. The van der Waals surface area contributed by atoms with E-state index in [1.54, 1.807) is 12.1 Å². The first-order valence-corrected chi connectivity index (χ1v) is 7.56. The van der Waals surface area contributed by atoms with Crippen LogP contribution in [0.4, 0.5) is 5.69 Å². The van der Waals surface area contributed by atoms with E-state index in [1.165, 1.54) is 0 Å². The normalized spacial score (nSPS) is 10.3. The zero-order chi connectivity index (χ0) is 14.5. The van der Waals surface area contributed by atoms with Crippen molar-refractivity contribution in [1.82, 2.24) is 5.32 Å². The van der Waals surface area contributed by atoms with Crippen LogP contribution in [0.5, 0.6) is 0 Å². The van der Waals surface area contributed by atoms with Crippen molar-refractivity contribution in [2.75, 3.05) is 12.4 Å². The molecule has 1 amide bonds. The Labute approximate surface area is 136 Å². The lowest BCUT2D eigenvalue weighted by atomic mass is 10.1. The van der Waals surface area contributed by atoms with Crippen LogP contribution < -0.4 is 10.6 Å². The molecule has 0 aliphatic heterocycles. The molecular weight excluding hydrogens is 387 g/mol. The van der Waals surface area contributed by atoms with Crippen LogP contribution in [0.2, 0.25) is 5.02 Å². The summed E-state index contributed by atoms with van der Waals surface area (Å²) in [4.78, 5) is 12.2. The van der Waals surface area contributed by atoms with Gasteiger partial charge in [-0.25, -0.2) is 0 Å². The van der Waals surface area contributed by atoms with Gasteiger partial charge in [0.05, 0.1) is 5.02 Å². The number of carbonyl (C=O) groups is 1. The molecule has 3 nitrogen and oxygen atoms in total. The molecule has 2 aromatic carbocycles. The highest BCUT2D eigenvalue weighted by Crippen LogP contribution is 2.20. The molecule has 0 unspecified atom stereocenters. The van der Waals surface area contributed by atoms with Gasteiger partial charge in [-0.15, -0.1) is 0 Å². The first-order chi connectivity index (χ1) is 9.60. The highest BCUT2D eigenvalue weighted by molar-refractivity contribution is 14.1. The van der Waals surface area contributed by atoms with E-state index in [-0.39, 0.29) is 5.91 Å². The maximum Gasteiger partial charge on any atom is 0.255 e. The van der Waals surface area contributed by atoms with Gasteiger partial charge < -0.3 is 10.6 Å². The van der Waals surface area contributed by atoms with Gasteiger partial charge in [0, 0.05) is 21.4 Å². The zero-order valence-electron chi connectivity index (χ0n) is 10.9. The van der Waals surface area contributed by atoms with Crippen molar-refractivity contribution in [1.29, 1.82) is 0 Å². The SMILES string of the molecule is CNCc1cccc(NC(=O)c2ccc(I)c(Cl)c2)c1. The Bertz CT molecular complexity index is 631. The van der Waals surface area contributed by atoms with Crippen molar-refractivity contribution in [2.24, 2.45) is 0 Å². The lowest BCUT2D eigenvalue weighted by Crippen LogP contribution is -2.12. The van der Waals surface area contributed by atoms with E-state index in [0.717, 1.165) is 21.4 Å². The fourth-order valence-corrected chi connectivity index (χ4v) is 2.32. The summed E-state index contributed by atoms with van der Waals surface area (Å²) in [5, 5.41) is 6.54. The predicted octanol–water partition coefficient (Wildman–Crippen LogP) is 3.92. The Hall–Kier alpha value is -1.11. The summed E-state index contributed by atoms with van der Waals surface area (Å²) in [5.41, 5.74) is 2.44. The van der Waals surface area contributed by atoms with E-state index >= 15 is 0 Å². The molecule has 0 saturated heterocycles. The molecule has 20 heavy (non-hydrogen) atoms. The van der Waals surface area contributed by atoms with Crippen LogP contribution in [0.3, 0.4) is 0 Å². The summed E-state index contributed by atoms with van der Waals surface area (Å²) in [6.07, 6.45) is 0. The highest BCUT2D eigenvalue weighted by Gasteiger charge is 2.08. The number of halogens is 2. The van der Waals surface area contributed by atoms with E-state index in [9.17, 15) is 4.79 Å². The van der Waals surface area contributed by atoms with E-state index in [4.69, 9.17) is 11.6 Å². The van der Waals surface area contributed by atoms with Crippen molar-refractivity contribution in [3.63, 3.8) is 0 Å². The smallest absolute Gasteiger partial charge is 0.255 e. The Morgan fingerprint density at radius 3 is 2.75 bits per heavy atom. The third-order valence-corrected chi connectivity index (χ3v) is 4.32. The van der Waals surface area contributed by atoms with Crippen LogP contribution in [-0.2, 0) is 6.54 Å². The fourth-order valence-electron chi connectivity index (χ4n) is 1.80. The minimum atomic E-state index is -0.162. The Balaban J connectivity index is 2.14. The Morgan fingerprint density at radius 2 is 2.05 bits per heavy atom. The summed E-state index contributed by atoms with van der Waals surface area (Å²) in [7, 11) is 1.89. The fraction of sp³-hybridized carbons (Fsp3) is 0.133. The number of amides is 1. The number of anilines is 1. The largest absolute Gasteiger partial charge is 0.322 e. The third kappa shape index (κ3) is 3.94. The summed E-state index contributed by atoms with van der Waals surface area (Å²) in [6, 6.07) is 13.0. The number of hydrogen-bond donors (Lipinski definition) is 2. The number of nitrogens with one attached hydrogen (secondary N) is 2. The highest BCUT2D eigenvalue weighted by atomic mass is 127. The summed E-state index contributed by atoms with van der Waals surface area (Å²) in [5.74, 6) is -0.162. The minimum absolute atomic E-state index is 0.162. The predicted molar refractivity (Wildman–Crippen MR) is 91.3 cm³/mol. The van der Waals surface area contributed by atoms with E-state index in [2.05, 4.69) is 33.2 Å². The molecule has 0 bridgehead atoms. The Kier molecular flexibility index (Phi) is 5.39. The zero-order valence-corrected chi connectivity index (χ0v) is 13.8. The molecule has 0 atom stereocenters. The lowest BCUT2D eigenvalue weighted by molar-refractivity contribution is 0.102. The quantitative estimate of drug-likeness (QED) is 0.764. The molecule has 2 aromatic rings. The summed E-state index contributed by atoms with van der Waals surface area (Å²) < 4.78 is 0.928.